The monoisotopic (exact) mass is 615 g/mol. The zero-order chi connectivity index (χ0) is 28.3. The molecule has 218 valence electrons. The van der Waals surface area contributed by atoms with Gasteiger partial charge in [0.1, 0.15) is 5.75 Å². The van der Waals surface area contributed by atoms with Gasteiger partial charge in [0.25, 0.3) is 5.91 Å². The van der Waals surface area contributed by atoms with Crippen LogP contribution in [0.1, 0.15) is 47.2 Å². The molecule has 0 unspecified atom stereocenters. The molecule has 1 atom stereocenters. The minimum Gasteiger partial charge on any atom is -0.497 e. The van der Waals surface area contributed by atoms with Crippen LogP contribution in [-0.2, 0) is 15.6 Å². The van der Waals surface area contributed by atoms with Crippen molar-refractivity contribution < 1.29 is 14.3 Å². The van der Waals surface area contributed by atoms with E-state index in [1.165, 1.54) is 0 Å². The van der Waals surface area contributed by atoms with E-state index in [2.05, 4.69) is 4.90 Å². The van der Waals surface area contributed by atoms with Crippen LogP contribution in [0.5, 0.6) is 5.75 Å². The minimum atomic E-state index is -0.631. The van der Waals surface area contributed by atoms with Crippen molar-refractivity contribution in [3.63, 3.8) is 0 Å². The van der Waals surface area contributed by atoms with Gasteiger partial charge in [0.2, 0.25) is 5.91 Å². The first-order valence-electron chi connectivity index (χ1n) is 13.7. The van der Waals surface area contributed by atoms with Crippen molar-refractivity contribution in [2.24, 2.45) is 5.73 Å². The summed E-state index contributed by atoms with van der Waals surface area (Å²) in [7, 11) is 1.61. The average Bonchev–Trinajstić information content (AvgIpc) is 3.43. The van der Waals surface area contributed by atoms with Crippen LogP contribution in [0.3, 0.4) is 0 Å². The first-order chi connectivity index (χ1) is 19.3. The molecule has 0 spiro atoms. The van der Waals surface area contributed by atoms with Crippen molar-refractivity contribution in [2.75, 3.05) is 39.8 Å². The second kappa shape index (κ2) is 13.0. The molecule has 2 saturated heterocycles. The summed E-state index contributed by atoms with van der Waals surface area (Å²) >= 11 is 12.7. The summed E-state index contributed by atoms with van der Waals surface area (Å²) < 4.78 is 5.25. The van der Waals surface area contributed by atoms with E-state index in [-0.39, 0.29) is 29.6 Å². The Hall–Kier alpha value is -2.77. The lowest BCUT2D eigenvalue weighted by Crippen LogP contribution is -2.50. The lowest BCUT2D eigenvalue weighted by atomic mass is 9.71. The molecule has 3 aromatic rings. The average molecular weight is 617 g/mol. The summed E-state index contributed by atoms with van der Waals surface area (Å²) in [6, 6.07) is 23.0. The van der Waals surface area contributed by atoms with Gasteiger partial charge in [0.05, 0.1) is 22.6 Å². The lowest BCUT2D eigenvalue weighted by Gasteiger charge is -2.41. The molecule has 2 aliphatic heterocycles. The number of rotatable bonds is 8. The molecular formula is C32H36Cl3N3O3. The number of methoxy groups -OCH3 is 1. The van der Waals surface area contributed by atoms with Crippen LogP contribution in [0.15, 0.2) is 72.8 Å². The Morgan fingerprint density at radius 2 is 1.56 bits per heavy atom. The maximum Gasteiger partial charge on any atom is 0.253 e. The van der Waals surface area contributed by atoms with Gasteiger partial charge in [-0.3, -0.25) is 9.59 Å². The van der Waals surface area contributed by atoms with Crippen LogP contribution in [0.4, 0.5) is 0 Å². The van der Waals surface area contributed by atoms with Crippen LogP contribution in [0, 0.1) is 0 Å². The van der Waals surface area contributed by atoms with Crippen LogP contribution >= 0.6 is 35.6 Å². The van der Waals surface area contributed by atoms with Gasteiger partial charge >= 0.3 is 0 Å². The number of carbonyl (C=O) groups is 2. The number of piperidine rings is 1. The zero-order valence-electron chi connectivity index (χ0n) is 23.2. The summed E-state index contributed by atoms with van der Waals surface area (Å²) in [5.74, 6) is 0.475. The Morgan fingerprint density at radius 3 is 2.17 bits per heavy atom. The number of hydrogen-bond donors (Lipinski definition) is 1. The number of carbonyl (C=O) groups excluding carboxylic acids is 2. The maximum atomic E-state index is 13.4. The van der Waals surface area contributed by atoms with Gasteiger partial charge in [-0.15, -0.1) is 12.4 Å². The van der Waals surface area contributed by atoms with Gasteiger partial charge < -0.3 is 20.3 Å². The smallest absolute Gasteiger partial charge is 0.253 e. The van der Waals surface area contributed by atoms with Crippen LogP contribution in [0.25, 0.3) is 0 Å². The summed E-state index contributed by atoms with van der Waals surface area (Å²) in [5, 5.41) is 1.04. The third-order valence-corrected chi connectivity index (χ3v) is 9.66. The first kappa shape index (κ1) is 31.2. The second-order valence-electron chi connectivity index (χ2n) is 11.0. The summed E-state index contributed by atoms with van der Waals surface area (Å²) in [6.45, 7) is 3.66. The van der Waals surface area contributed by atoms with Crippen LogP contribution < -0.4 is 10.5 Å². The molecule has 2 amide bonds. The van der Waals surface area contributed by atoms with Gasteiger partial charge in [-0.1, -0.05) is 59.6 Å². The standard InChI is InChI=1S/C32H35Cl2N3O3.ClH/c1-40-26-10-7-23(8-11-26)29(38)37-20-14-31(22-37,25-9-12-27(33)28(34)21-25)13-17-36-18-15-32(16-19-36,30(35)39)24-5-3-2-4-6-24;/h2-12,21H,13-20,22H2,1H3,(H2,35,39);1H/t31-;/m0./s1. The Bertz CT molecular complexity index is 1360. The topological polar surface area (TPSA) is 75.9 Å². The number of halogens is 3. The van der Waals surface area contributed by atoms with E-state index in [1.54, 1.807) is 7.11 Å². The molecule has 2 N–H and O–H groups in total. The molecule has 6 nitrogen and oxygen atoms in total. The normalized spacial score (nSPS) is 20.3. The van der Waals surface area contributed by atoms with Gasteiger partial charge in [0, 0.05) is 24.1 Å². The molecule has 0 bridgehead atoms. The molecule has 3 aromatic carbocycles. The fourth-order valence-electron chi connectivity index (χ4n) is 6.34. The van der Waals surface area contributed by atoms with E-state index in [9.17, 15) is 9.59 Å². The van der Waals surface area contributed by atoms with Crippen molar-refractivity contribution in [1.29, 1.82) is 0 Å². The largest absolute Gasteiger partial charge is 0.497 e. The summed E-state index contributed by atoms with van der Waals surface area (Å²) in [5.41, 5.74) is 7.81. The summed E-state index contributed by atoms with van der Waals surface area (Å²) in [6.07, 6.45) is 3.06. The van der Waals surface area contributed by atoms with Gasteiger partial charge in [-0.2, -0.15) is 0 Å². The Morgan fingerprint density at radius 1 is 0.878 bits per heavy atom. The van der Waals surface area contributed by atoms with Gasteiger partial charge in [-0.05, 0) is 92.8 Å². The minimum absolute atomic E-state index is 0. The fraction of sp³-hybridized carbons (Fsp3) is 0.375. The van der Waals surface area contributed by atoms with Crippen molar-refractivity contribution in [3.05, 3.63) is 99.5 Å². The van der Waals surface area contributed by atoms with E-state index in [1.807, 2.05) is 77.7 Å². The number of likely N-dealkylation sites (tertiary alicyclic amines) is 2. The maximum absolute atomic E-state index is 13.4. The number of primary amides is 1. The molecule has 0 aromatic heterocycles. The predicted molar refractivity (Wildman–Crippen MR) is 167 cm³/mol. The molecule has 41 heavy (non-hydrogen) atoms. The number of ether oxygens (including phenoxy) is 1. The third kappa shape index (κ3) is 6.36. The molecule has 0 saturated carbocycles. The molecule has 0 aliphatic carbocycles. The molecule has 2 heterocycles. The molecular weight excluding hydrogens is 581 g/mol. The van der Waals surface area contributed by atoms with Crippen LogP contribution in [0.2, 0.25) is 10.0 Å². The van der Waals surface area contributed by atoms with E-state index < -0.39 is 5.41 Å². The van der Waals surface area contributed by atoms with E-state index >= 15 is 0 Å². The number of benzene rings is 3. The summed E-state index contributed by atoms with van der Waals surface area (Å²) in [4.78, 5) is 30.4. The number of nitrogens with two attached hydrogens (primary N) is 1. The third-order valence-electron chi connectivity index (χ3n) is 8.92. The van der Waals surface area contributed by atoms with Crippen molar-refractivity contribution in [2.45, 2.75) is 36.5 Å². The number of amides is 2. The fourth-order valence-corrected chi connectivity index (χ4v) is 6.64. The molecule has 2 fully saturated rings. The molecule has 2 aliphatic rings. The van der Waals surface area contributed by atoms with Crippen molar-refractivity contribution in [3.8, 4) is 5.75 Å². The van der Waals surface area contributed by atoms with Gasteiger partial charge in [-0.25, -0.2) is 0 Å². The van der Waals surface area contributed by atoms with Crippen molar-refractivity contribution in [1.82, 2.24) is 9.80 Å². The lowest BCUT2D eigenvalue weighted by molar-refractivity contribution is -0.125. The quantitative estimate of drug-likeness (QED) is 0.331. The molecule has 0 radical (unpaired) electrons. The van der Waals surface area contributed by atoms with Crippen LogP contribution in [-0.4, -0.2) is 61.4 Å². The van der Waals surface area contributed by atoms with Crippen molar-refractivity contribution >= 4 is 47.4 Å². The highest BCUT2D eigenvalue weighted by Gasteiger charge is 2.44. The number of hydrogen-bond acceptors (Lipinski definition) is 4. The highest BCUT2D eigenvalue weighted by Crippen LogP contribution is 2.42. The van der Waals surface area contributed by atoms with Gasteiger partial charge in [0.15, 0.2) is 0 Å². The second-order valence-corrected chi connectivity index (χ2v) is 11.8. The molecule has 5 rings (SSSR count). The Kier molecular flexibility index (Phi) is 9.91. The number of nitrogens with zero attached hydrogens (tertiary/aromatic N) is 2. The highest BCUT2D eigenvalue weighted by molar-refractivity contribution is 6.42. The van der Waals surface area contributed by atoms with E-state index in [0.29, 0.717) is 41.5 Å². The van der Waals surface area contributed by atoms with E-state index in [4.69, 9.17) is 33.7 Å². The predicted octanol–water partition coefficient (Wildman–Crippen LogP) is 6.12. The highest BCUT2D eigenvalue weighted by atomic mass is 35.5. The van der Waals surface area contributed by atoms with E-state index in [0.717, 1.165) is 49.4 Å². The Labute approximate surface area is 258 Å². The Balaban J connectivity index is 0.00000387. The SMILES string of the molecule is COc1ccc(C(=O)N2CC[C@](CCN3CCC(C(N)=O)(c4ccccc4)CC3)(c3ccc(Cl)c(Cl)c3)C2)cc1.Cl. The first-order valence-corrected chi connectivity index (χ1v) is 14.5. The zero-order valence-corrected chi connectivity index (χ0v) is 25.5. The molecule has 9 heteroatoms.